The summed E-state index contributed by atoms with van der Waals surface area (Å²) in [6.45, 7) is 0. The van der Waals surface area contributed by atoms with Gasteiger partial charge in [-0.25, -0.2) is 0 Å². The van der Waals surface area contributed by atoms with Gasteiger partial charge < -0.3 is 5.01 Å². The van der Waals surface area contributed by atoms with E-state index in [1.807, 2.05) is 20.3 Å². The van der Waals surface area contributed by atoms with Gasteiger partial charge in [0.25, 0.3) is 0 Å². The molecule has 0 saturated carbocycles. The maximum absolute atomic E-state index is 4.15. The SMILES string of the molecule is CSc1ccc(/C=N/N(C)C)cc1. The van der Waals surface area contributed by atoms with Crippen molar-refractivity contribution in [2.24, 2.45) is 5.10 Å². The third-order valence-electron chi connectivity index (χ3n) is 1.55. The first-order valence-corrected chi connectivity index (χ1v) is 5.30. The van der Waals surface area contributed by atoms with Crippen LogP contribution < -0.4 is 0 Å². The quantitative estimate of drug-likeness (QED) is 0.417. The highest BCUT2D eigenvalue weighted by Gasteiger charge is 1.89. The van der Waals surface area contributed by atoms with Crippen molar-refractivity contribution in [2.75, 3.05) is 20.4 Å². The first kappa shape index (κ1) is 10.1. The fourth-order valence-electron chi connectivity index (χ4n) is 0.872. The van der Waals surface area contributed by atoms with E-state index in [4.69, 9.17) is 0 Å². The van der Waals surface area contributed by atoms with Crippen LogP contribution in [0.3, 0.4) is 0 Å². The third-order valence-corrected chi connectivity index (χ3v) is 2.30. The minimum atomic E-state index is 1.13. The second kappa shape index (κ2) is 4.92. The zero-order valence-corrected chi connectivity index (χ0v) is 9.01. The first-order chi connectivity index (χ1) is 6.22. The van der Waals surface area contributed by atoms with Gasteiger partial charge in [0.15, 0.2) is 0 Å². The van der Waals surface area contributed by atoms with E-state index in [1.165, 1.54) is 4.90 Å². The summed E-state index contributed by atoms with van der Waals surface area (Å²) in [5, 5.41) is 5.93. The van der Waals surface area contributed by atoms with Crippen molar-refractivity contribution in [2.45, 2.75) is 4.90 Å². The molecule has 0 unspecified atom stereocenters. The lowest BCUT2D eigenvalue weighted by atomic mass is 10.2. The summed E-state index contributed by atoms with van der Waals surface area (Å²) >= 11 is 1.75. The lowest BCUT2D eigenvalue weighted by molar-refractivity contribution is 0.440. The van der Waals surface area contributed by atoms with E-state index < -0.39 is 0 Å². The Hall–Kier alpha value is -0.960. The van der Waals surface area contributed by atoms with Crippen molar-refractivity contribution >= 4 is 18.0 Å². The van der Waals surface area contributed by atoms with Gasteiger partial charge in [-0.2, -0.15) is 5.10 Å². The van der Waals surface area contributed by atoms with Crippen LogP contribution in [0, 0.1) is 0 Å². The summed E-state index contributed by atoms with van der Waals surface area (Å²) < 4.78 is 0. The number of nitrogens with zero attached hydrogens (tertiary/aromatic N) is 2. The Kier molecular flexibility index (Phi) is 3.83. The van der Waals surface area contributed by atoms with Crippen LogP contribution in [0.2, 0.25) is 0 Å². The molecule has 0 spiro atoms. The lowest BCUT2D eigenvalue weighted by Crippen LogP contribution is -2.01. The molecule has 0 aliphatic carbocycles. The van der Waals surface area contributed by atoms with Gasteiger partial charge in [0.1, 0.15) is 0 Å². The number of benzene rings is 1. The van der Waals surface area contributed by atoms with E-state index in [2.05, 4.69) is 35.6 Å². The van der Waals surface area contributed by atoms with Gasteiger partial charge in [0.2, 0.25) is 0 Å². The molecule has 1 aromatic rings. The molecule has 0 aliphatic rings. The average Bonchev–Trinajstić information content (AvgIpc) is 2.15. The van der Waals surface area contributed by atoms with Gasteiger partial charge in [-0.05, 0) is 24.0 Å². The molecule has 3 heteroatoms. The van der Waals surface area contributed by atoms with E-state index in [0.29, 0.717) is 0 Å². The molecule has 1 rings (SSSR count). The van der Waals surface area contributed by atoms with Crippen LogP contribution in [0.4, 0.5) is 0 Å². The van der Waals surface area contributed by atoms with Gasteiger partial charge in [0.05, 0.1) is 6.21 Å². The molecular formula is C10H14N2S. The summed E-state index contributed by atoms with van der Waals surface area (Å²) in [5.41, 5.74) is 1.13. The van der Waals surface area contributed by atoms with Crippen molar-refractivity contribution in [3.63, 3.8) is 0 Å². The molecule has 0 aromatic heterocycles. The molecule has 0 fully saturated rings. The Labute approximate surface area is 83.6 Å². The molecule has 0 atom stereocenters. The molecule has 70 valence electrons. The predicted molar refractivity (Wildman–Crippen MR) is 59.5 cm³/mol. The Morgan fingerprint density at radius 2 is 1.85 bits per heavy atom. The highest BCUT2D eigenvalue weighted by atomic mass is 32.2. The maximum atomic E-state index is 4.15. The molecule has 1 aromatic carbocycles. The van der Waals surface area contributed by atoms with Crippen molar-refractivity contribution in [3.8, 4) is 0 Å². The van der Waals surface area contributed by atoms with E-state index in [1.54, 1.807) is 16.8 Å². The molecule has 0 bridgehead atoms. The monoisotopic (exact) mass is 194 g/mol. The van der Waals surface area contributed by atoms with Gasteiger partial charge in [0, 0.05) is 19.0 Å². The van der Waals surface area contributed by atoms with Crippen molar-refractivity contribution < 1.29 is 0 Å². The Bertz CT molecular complexity index is 277. The fraction of sp³-hybridized carbons (Fsp3) is 0.300. The number of thioether (sulfide) groups is 1. The summed E-state index contributed by atoms with van der Waals surface area (Å²) in [5.74, 6) is 0. The number of rotatable bonds is 3. The minimum absolute atomic E-state index is 1.13. The smallest absolute Gasteiger partial charge is 0.0542 e. The van der Waals surface area contributed by atoms with Gasteiger partial charge in [-0.3, -0.25) is 0 Å². The maximum Gasteiger partial charge on any atom is 0.0542 e. The Morgan fingerprint density at radius 1 is 1.23 bits per heavy atom. The van der Waals surface area contributed by atoms with Crippen LogP contribution in [0.5, 0.6) is 0 Å². The lowest BCUT2D eigenvalue weighted by Gasteiger charge is -2.02. The molecule has 2 nitrogen and oxygen atoms in total. The Morgan fingerprint density at radius 3 is 2.31 bits per heavy atom. The van der Waals surface area contributed by atoms with Crippen molar-refractivity contribution in [1.82, 2.24) is 5.01 Å². The summed E-state index contributed by atoms with van der Waals surface area (Å²) in [6.07, 6.45) is 3.92. The molecule has 0 radical (unpaired) electrons. The zero-order chi connectivity index (χ0) is 9.68. The molecule has 0 amide bonds. The topological polar surface area (TPSA) is 15.6 Å². The van der Waals surface area contributed by atoms with Crippen LogP contribution in [0.25, 0.3) is 0 Å². The van der Waals surface area contributed by atoms with Crippen LogP contribution in [0.1, 0.15) is 5.56 Å². The van der Waals surface area contributed by atoms with Gasteiger partial charge in [-0.1, -0.05) is 12.1 Å². The van der Waals surface area contributed by atoms with E-state index in [-0.39, 0.29) is 0 Å². The van der Waals surface area contributed by atoms with Crippen LogP contribution >= 0.6 is 11.8 Å². The number of hydrogen-bond donors (Lipinski definition) is 0. The predicted octanol–water partition coefficient (Wildman–Crippen LogP) is 2.30. The second-order valence-corrected chi connectivity index (χ2v) is 3.74. The third kappa shape index (κ3) is 3.51. The highest BCUT2D eigenvalue weighted by molar-refractivity contribution is 7.98. The average molecular weight is 194 g/mol. The largest absolute Gasteiger partial charge is 0.303 e. The van der Waals surface area contributed by atoms with Crippen LogP contribution in [0.15, 0.2) is 34.3 Å². The zero-order valence-electron chi connectivity index (χ0n) is 8.19. The normalized spacial score (nSPS) is 10.7. The fourth-order valence-corrected chi connectivity index (χ4v) is 1.28. The van der Waals surface area contributed by atoms with Gasteiger partial charge in [-0.15, -0.1) is 11.8 Å². The molecule has 13 heavy (non-hydrogen) atoms. The van der Waals surface area contributed by atoms with Crippen molar-refractivity contribution in [1.29, 1.82) is 0 Å². The molecule has 0 N–H and O–H groups in total. The summed E-state index contributed by atoms with van der Waals surface area (Å²) in [4.78, 5) is 1.28. The molecule has 0 saturated heterocycles. The number of hydrazone groups is 1. The first-order valence-electron chi connectivity index (χ1n) is 4.08. The van der Waals surface area contributed by atoms with E-state index in [0.717, 1.165) is 5.56 Å². The van der Waals surface area contributed by atoms with Crippen molar-refractivity contribution in [3.05, 3.63) is 29.8 Å². The summed E-state index contributed by atoms with van der Waals surface area (Å²) in [7, 11) is 3.82. The highest BCUT2D eigenvalue weighted by Crippen LogP contribution is 2.13. The molecule has 0 heterocycles. The Balaban J connectivity index is 2.69. The second-order valence-electron chi connectivity index (χ2n) is 2.86. The number of hydrogen-bond acceptors (Lipinski definition) is 3. The van der Waals surface area contributed by atoms with Crippen LogP contribution in [-0.4, -0.2) is 31.6 Å². The summed E-state index contributed by atoms with van der Waals surface area (Å²) in [6, 6.07) is 8.33. The van der Waals surface area contributed by atoms with Gasteiger partial charge >= 0.3 is 0 Å². The standard InChI is InChI=1S/C10H14N2S/c1-12(2)11-8-9-4-6-10(13-3)7-5-9/h4-8H,1-3H3/b11-8+. The van der Waals surface area contributed by atoms with E-state index in [9.17, 15) is 0 Å². The molecule has 0 aliphatic heterocycles. The minimum Gasteiger partial charge on any atom is -0.303 e. The van der Waals surface area contributed by atoms with Crippen LogP contribution in [-0.2, 0) is 0 Å². The van der Waals surface area contributed by atoms with E-state index >= 15 is 0 Å². The molecular weight excluding hydrogens is 180 g/mol.